The van der Waals surface area contributed by atoms with Crippen molar-refractivity contribution in [3.63, 3.8) is 0 Å². The van der Waals surface area contributed by atoms with E-state index in [1.54, 1.807) is 0 Å². The summed E-state index contributed by atoms with van der Waals surface area (Å²) in [6, 6.07) is 3.29. The number of aromatic nitrogens is 1. The van der Waals surface area contributed by atoms with E-state index in [0.29, 0.717) is 42.7 Å². The van der Waals surface area contributed by atoms with Crippen molar-refractivity contribution in [2.24, 2.45) is 0 Å². The molecular weight excluding hydrogens is 311 g/mol. The number of aromatic amines is 1. The minimum atomic E-state index is -0.927. The second-order valence-corrected chi connectivity index (χ2v) is 6.22. The molecule has 3 N–H and O–H groups in total. The van der Waals surface area contributed by atoms with Crippen LogP contribution >= 0.6 is 0 Å². The van der Waals surface area contributed by atoms with E-state index < -0.39 is 11.9 Å². The van der Waals surface area contributed by atoms with E-state index in [1.165, 1.54) is 11.0 Å². The number of rotatable bonds is 3. The van der Waals surface area contributed by atoms with Gasteiger partial charge in [-0.15, -0.1) is 0 Å². The molecule has 1 atom stereocenters. The number of benzene rings is 1. The first-order chi connectivity index (χ1) is 11.4. The Morgan fingerprint density at radius 2 is 2.33 bits per heavy atom. The maximum atomic E-state index is 14.5. The van der Waals surface area contributed by atoms with Gasteiger partial charge in [0.05, 0.1) is 11.1 Å². The Morgan fingerprint density at radius 1 is 1.58 bits per heavy atom. The first kappa shape index (κ1) is 16.3. The van der Waals surface area contributed by atoms with Crippen LogP contribution in [0.2, 0.25) is 0 Å². The molecule has 0 saturated carbocycles. The fourth-order valence-corrected chi connectivity index (χ4v) is 3.31. The predicted octanol–water partition coefficient (Wildman–Crippen LogP) is 2.64. The van der Waals surface area contributed by atoms with Gasteiger partial charge in [-0.2, -0.15) is 5.26 Å². The van der Waals surface area contributed by atoms with Gasteiger partial charge in [-0.05, 0) is 31.9 Å². The normalized spacial score (nSPS) is 17.4. The van der Waals surface area contributed by atoms with Crippen molar-refractivity contribution in [3.05, 3.63) is 34.3 Å². The molecule has 7 heteroatoms. The van der Waals surface area contributed by atoms with E-state index in [-0.39, 0.29) is 6.04 Å². The third-order valence-electron chi connectivity index (χ3n) is 4.78. The van der Waals surface area contributed by atoms with Crippen LogP contribution in [-0.2, 0) is 6.54 Å². The van der Waals surface area contributed by atoms with E-state index in [4.69, 9.17) is 5.11 Å². The molecule has 0 spiro atoms. The number of halogens is 1. The summed E-state index contributed by atoms with van der Waals surface area (Å²) >= 11 is 0. The summed E-state index contributed by atoms with van der Waals surface area (Å²) in [5, 5.41) is 22.2. The molecule has 2 heterocycles. The van der Waals surface area contributed by atoms with Crippen molar-refractivity contribution in [1.29, 1.82) is 5.26 Å². The number of amides is 1. The van der Waals surface area contributed by atoms with Crippen LogP contribution in [0.5, 0.6) is 0 Å². The summed E-state index contributed by atoms with van der Waals surface area (Å²) in [6.45, 7) is 4.99. The van der Waals surface area contributed by atoms with Crippen molar-refractivity contribution >= 4 is 17.0 Å². The van der Waals surface area contributed by atoms with Crippen LogP contribution in [0.1, 0.15) is 28.8 Å². The third-order valence-corrected chi connectivity index (χ3v) is 4.78. The number of hydrogen-bond donors (Lipinski definition) is 3. The van der Waals surface area contributed by atoms with Crippen LogP contribution in [0.3, 0.4) is 0 Å². The van der Waals surface area contributed by atoms with Gasteiger partial charge in [-0.25, -0.2) is 9.18 Å². The number of hydrogen-bond acceptors (Lipinski definition) is 3. The highest BCUT2D eigenvalue weighted by atomic mass is 19.1. The monoisotopic (exact) mass is 330 g/mol. The number of nitrogens with zero attached hydrogens (tertiary/aromatic N) is 2. The number of H-pyrrole nitrogens is 1. The van der Waals surface area contributed by atoms with Crippen molar-refractivity contribution in [3.8, 4) is 6.07 Å². The minimum absolute atomic E-state index is 0.00605. The average Bonchev–Trinajstić information content (AvgIpc) is 3.13. The number of nitrogens with one attached hydrogen (secondary N) is 2. The molecule has 0 aliphatic carbocycles. The van der Waals surface area contributed by atoms with E-state index >= 15 is 0 Å². The minimum Gasteiger partial charge on any atom is -0.465 e. The van der Waals surface area contributed by atoms with Crippen LogP contribution in [0.25, 0.3) is 10.9 Å². The number of likely N-dealkylation sites (tertiary alicyclic amines) is 1. The lowest BCUT2D eigenvalue weighted by Gasteiger charge is -2.15. The van der Waals surface area contributed by atoms with Crippen LogP contribution in [0.15, 0.2) is 6.07 Å². The molecule has 1 unspecified atom stereocenters. The highest BCUT2D eigenvalue weighted by Crippen LogP contribution is 2.30. The second kappa shape index (κ2) is 6.13. The Morgan fingerprint density at radius 3 is 2.96 bits per heavy atom. The van der Waals surface area contributed by atoms with Crippen LogP contribution in [0, 0.1) is 31.0 Å². The molecule has 24 heavy (non-hydrogen) atoms. The molecular formula is C17H19FN4O2. The highest BCUT2D eigenvalue weighted by molar-refractivity contribution is 5.92. The standard InChI is InChI=1S/C17H19FN4O2/c1-9-10(2)21-16-11(6-19)5-14(18)13(15(9)16)7-20-12-3-4-22(8-12)17(23)24/h5,12,20-21H,3-4,7-8H2,1-2H3,(H,23,24). The molecule has 1 aliphatic rings. The summed E-state index contributed by atoms with van der Waals surface area (Å²) in [6.07, 6.45) is -0.221. The number of aryl methyl sites for hydroxylation is 2. The van der Waals surface area contributed by atoms with E-state index in [1.807, 2.05) is 19.9 Å². The van der Waals surface area contributed by atoms with Crippen molar-refractivity contribution in [2.75, 3.05) is 13.1 Å². The van der Waals surface area contributed by atoms with Gasteiger partial charge < -0.3 is 20.3 Å². The molecule has 1 aliphatic heterocycles. The van der Waals surface area contributed by atoms with Gasteiger partial charge in [-0.1, -0.05) is 0 Å². The molecule has 1 amide bonds. The smallest absolute Gasteiger partial charge is 0.407 e. The first-order valence-corrected chi connectivity index (χ1v) is 7.84. The maximum Gasteiger partial charge on any atom is 0.407 e. The van der Waals surface area contributed by atoms with Crippen molar-refractivity contribution < 1.29 is 14.3 Å². The summed E-state index contributed by atoms with van der Waals surface area (Å²) in [4.78, 5) is 15.5. The molecule has 1 saturated heterocycles. The molecule has 0 radical (unpaired) electrons. The number of fused-ring (bicyclic) bond motifs is 1. The SMILES string of the molecule is Cc1[nH]c2c(C#N)cc(F)c(CNC3CCN(C(=O)O)C3)c2c1C. The lowest BCUT2D eigenvalue weighted by Crippen LogP contribution is -2.34. The Hall–Kier alpha value is -2.59. The number of carbonyl (C=O) groups is 1. The third kappa shape index (κ3) is 2.69. The fraction of sp³-hybridized carbons (Fsp3) is 0.412. The van der Waals surface area contributed by atoms with E-state index in [0.717, 1.165) is 16.6 Å². The molecule has 3 rings (SSSR count). The maximum absolute atomic E-state index is 14.5. The molecule has 1 aromatic carbocycles. The molecule has 2 aromatic rings. The Balaban J connectivity index is 1.89. The van der Waals surface area contributed by atoms with Gasteiger partial charge in [0, 0.05) is 42.3 Å². The summed E-state index contributed by atoms with van der Waals surface area (Å²) in [7, 11) is 0. The van der Waals surface area contributed by atoms with Crippen molar-refractivity contribution in [2.45, 2.75) is 32.9 Å². The van der Waals surface area contributed by atoms with E-state index in [2.05, 4.69) is 10.3 Å². The summed E-state index contributed by atoms with van der Waals surface area (Å²) < 4.78 is 14.5. The average molecular weight is 330 g/mol. The second-order valence-electron chi connectivity index (χ2n) is 6.22. The van der Waals surface area contributed by atoms with Gasteiger partial charge in [0.15, 0.2) is 0 Å². The van der Waals surface area contributed by atoms with Gasteiger partial charge in [0.1, 0.15) is 11.9 Å². The molecule has 126 valence electrons. The highest BCUT2D eigenvalue weighted by Gasteiger charge is 2.26. The Bertz CT molecular complexity index is 853. The Kier molecular flexibility index (Phi) is 4.16. The quantitative estimate of drug-likeness (QED) is 0.807. The van der Waals surface area contributed by atoms with Gasteiger partial charge >= 0.3 is 6.09 Å². The van der Waals surface area contributed by atoms with Gasteiger partial charge in [0.25, 0.3) is 0 Å². The zero-order valence-corrected chi connectivity index (χ0v) is 13.6. The predicted molar refractivity (Wildman–Crippen MR) is 87.3 cm³/mol. The summed E-state index contributed by atoms with van der Waals surface area (Å²) in [5.74, 6) is -0.415. The largest absolute Gasteiger partial charge is 0.465 e. The topological polar surface area (TPSA) is 92.2 Å². The molecule has 6 nitrogen and oxygen atoms in total. The molecule has 0 bridgehead atoms. The fourth-order valence-electron chi connectivity index (χ4n) is 3.31. The molecule has 1 aromatic heterocycles. The van der Waals surface area contributed by atoms with Crippen LogP contribution in [0.4, 0.5) is 9.18 Å². The van der Waals surface area contributed by atoms with Crippen molar-refractivity contribution in [1.82, 2.24) is 15.2 Å². The van der Waals surface area contributed by atoms with Gasteiger partial charge in [-0.3, -0.25) is 0 Å². The van der Waals surface area contributed by atoms with E-state index in [9.17, 15) is 14.4 Å². The zero-order valence-electron chi connectivity index (χ0n) is 13.6. The van der Waals surface area contributed by atoms with Crippen LogP contribution in [-0.4, -0.2) is 40.2 Å². The number of nitriles is 1. The van der Waals surface area contributed by atoms with Gasteiger partial charge in [0.2, 0.25) is 0 Å². The first-order valence-electron chi connectivity index (χ1n) is 7.84. The number of carboxylic acid groups (broad SMARTS) is 1. The summed E-state index contributed by atoms with van der Waals surface area (Å²) in [5.41, 5.74) is 3.30. The van der Waals surface area contributed by atoms with Crippen LogP contribution < -0.4 is 5.32 Å². The zero-order chi connectivity index (χ0) is 17.4. The lowest BCUT2D eigenvalue weighted by atomic mass is 10.0. The molecule has 1 fully saturated rings. The lowest BCUT2D eigenvalue weighted by molar-refractivity contribution is 0.154. The Labute approximate surface area is 138 Å².